The highest BCUT2D eigenvalue weighted by molar-refractivity contribution is 6.35. The number of pyridine rings is 1. The van der Waals surface area contributed by atoms with Gasteiger partial charge in [0.25, 0.3) is 0 Å². The average Bonchev–Trinajstić information content (AvgIpc) is 2.63. The van der Waals surface area contributed by atoms with Gasteiger partial charge in [-0.1, -0.05) is 23.2 Å². The van der Waals surface area contributed by atoms with E-state index in [-0.39, 0.29) is 6.03 Å². The Morgan fingerprint density at radius 1 is 1.08 bits per heavy atom. The molecule has 0 unspecified atom stereocenters. The van der Waals surface area contributed by atoms with Gasteiger partial charge >= 0.3 is 6.03 Å². The Balaban J connectivity index is 1.53. The molecule has 0 bridgehead atoms. The van der Waals surface area contributed by atoms with Gasteiger partial charge in [0.05, 0.1) is 10.7 Å². The molecule has 1 N–H and O–H groups in total. The number of amides is 2. The van der Waals surface area contributed by atoms with Crippen molar-refractivity contribution in [1.29, 1.82) is 0 Å². The van der Waals surface area contributed by atoms with Crippen LogP contribution >= 0.6 is 23.2 Å². The van der Waals surface area contributed by atoms with Gasteiger partial charge in [-0.2, -0.15) is 0 Å². The number of urea groups is 1. The third-order valence-electron chi connectivity index (χ3n) is 4.01. The van der Waals surface area contributed by atoms with E-state index in [1.165, 1.54) is 0 Å². The van der Waals surface area contributed by atoms with E-state index in [2.05, 4.69) is 15.2 Å². The van der Waals surface area contributed by atoms with Crippen LogP contribution in [0.1, 0.15) is 5.56 Å². The summed E-state index contributed by atoms with van der Waals surface area (Å²) in [5.74, 6) is 0. The summed E-state index contributed by atoms with van der Waals surface area (Å²) < 4.78 is 0. The number of carbonyl (C=O) groups is 1. The van der Waals surface area contributed by atoms with Gasteiger partial charge in [0.1, 0.15) is 0 Å². The molecular formula is C17H18Cl2N4O. The highest BCUT2D eigenvalue weighted by Gasteiger charge is 2.22. The van der Waals surface area contributed by atoms with Crippen molar-refractivity contribution in [3.63, 3.8) is 0 Å². The largest absolute Gasteiger partial charge is 0.367 e. The summed E-state index contributed by atoms with van der Waals surface area (Å²) in [4.78, 5) is 20.2. The van der Waals surface area contributed by atoms with Crippen molar-refractivity contribution in [1.82, 2.24) is 15.2 Å². The van der Waals surface area contributed by atoms with Gasteiger partial charge in [-0.15, -0.1) is 0 Å². The van der Waals surface area contributed by atoms with E-state index < -0.39 is 0 Å². The lowest BCUT2D eigenvalue weighted by atomic mass is 10.2. The maximum atomic E-state index is 12.3. The fourth-order valence-corrected chi connectivity index (χ4v) is 3.07. The zero-order valence-electron chi connectivity index (χ0n) is 13.1. The second-order valence-electron chi connectivity index (χ2n) is 5.58. The Kier molecular flexibility index (Phi) is 5.43. The van der Waals surface area contributed by atoms with Gasteiger partial charge in [-0.05, 0) is 35.9 Å². The predicted molar refractivity (Wildman–Crippen MR) is 96.7 cm³/mol. The maximum Gasteiger partial charge on any atom is 0.317 e. The van der Waals surface area contributed by atoms with Gasteiger partial charge in [-0.3, -0.25) is 4.98 Å². The molecule has 0 spiro atoms. The summed E-state index contributed by atoms with van der Waals surface area (Å²) >= 11 is 12.3. The van der Waals surface area contributed by atoms with Crippen LogP contribution in [-0.4, -0.2) is 42.1 Å². The minimum atomic E-state index is -0.0522. The standard InChI is InChI=1S/C17H18Cl2N4O/c18-14-1-2-15(19)16(11-14)22-7-9-23(10-8-22)17(24)21-12-13-3-5-20-6-4-13/h1-6,11H,7-10,12H2,(H,21,24). The number of hydrogen-bond acceptors (Lipinski definition) is 3. The van der Waals surface area contributed by atoms with Crippen LogP contribution in [0.25, 0.3) is 0 Å². The third-order valence-corrected chi connectivity index (χ3v) is 4.56. The molecule has 7 heteroatoms. The molecule has 126 valence electrons. The number of carbonyl (C=O) groups excluding carboxylic acids is 1. The van der Waals surface area contributed by atoms with Crippen LogP contribution in [0.3, 0.4) is 0 Å². The first-order valence-corrected chi connectivity index (χ1v) is 8.51. The maximum absolute atomic E-state index is 12.3. The lowest BCUT2D eigenvalue weighted by Gasteiger charge is -2.36. The minimum Gasteiger partial charge on any atom is -0.367 e. The SMILES string of the molecule is O=C(NCc1ccncc1)N1CCN(c2cc(Cl)ccc2Cl)CC1. The molecule has 0 aliphatic carbocycles. The molecule has 5 nitrogen and oxygen atoms in total. The zero-order chi connectivity index (χ0) is 16.9. The van der Waals surface area contributed by atoms with Crippen molar-refractivity contribution in [2.75, 3.05) is 31.1 Å². The second kappa shape index (κ2) is 7.73. The first-order valence-electron chi connectivity index (χ1n) is 7.75. The van der Waals surface area contributed by atoms with Crippen molar-refractivity contribution < 1.29 is 4.79 Å². The Morgan fingerprint density at radius 2 is 1.79 bits per heavy atom. The number of nitrogens with one attached hydrogen (secondary N) is 1. The molecule has 2 heterocycles. The molecule has 1 aliphatic heterocycles. The molecule has 24 heavy (non-hydrogen) atoms. The highest BCUT2D eigenvalue weighted by Crippen LogP contribution is 2.29. The van der Waals surface area contributed by atoms with E-state index in [1.807, 2.05) is 23.1 Å². The summed E-state index contributed by atoms with van der Waals surface area (Å²) in [6.07, 6.45) is 3.43. The monoisotopic (exact) mass is 364 g/mol. The molecule has 1 saturated heterocycles. The Labute approximate surface area is 151 Å². The van der Waals surface area contributed by atoms with Crippen LogP contribution in [0.15, 0.2) is 42.7 Å². The van der Waals surface area contributed by atoms with Crippen molar-refractivity contribution in [3.05, 3.63) is 58.3 Å². The number of anilines is 1. The molecule has 1 aliphatic rings. The van der Waals surface area contributed by atoms with Crippen molar-refractivity contribution in [2.24, 2.45) is 0 Å². The number of hydrogen-bond donors (Lipinski definition) is 1. The number of nitrogens with zero attached hydrogens (tertiary/aromatic N) is 3. The fourth-order valence-electron chi connectivity index (χ4n) is 2.67. The smallest absolute Gasteiger partial charge is 0.317 e. The van der Waals surface area contributed by atoms with Crippen molar-refractivity contribution in [2.45, 2.75) is 6.54 Å². The lowest BCUT2D eigenvalue weighted by Crippen LogP contribution is -2.51. The number of halogens is 2. The van der Waals surface area contributed by atoms with Crippen LogP contribution < -0.4 is 10.2 Å². The van der Waals surface area contributed by atoms with Gasteiger partial charge in [0.15, 0.2) is 0 Å². The van der Waals surface area contributed by atoms with Crippen molar-refractivity contribution in [3.8, 4) is 0 Å². The number of rotatable bonds is 3. The predicted octanol–water partition coefficient (Wildman–Crippen LogP) is 3.42. The Morgan fingerprint density at radius 3 is 2.50 bits per heavy atom. The van der Waals surface area contributed by atoms with Gasteiger partial charge < -0.3 is 15.1 Å². The van der Waals surface area contributed by atoms with E-state index in [4.69, 9.17) is 23.2 Å². The fraction of sp³-hybridized carbons (Fsp3) is 0.294. The summed E-state index contributed by atoms with van der Waals surface area (Å²) in [7, 11) is 0. The topological polar surface area (TPSA) is 48.5 Å². The molecule has 2 aromatic rings. The van der Waals surface area contributed by atoms with E-state index >= 15 is 0 Å². The van der Waals surface area contributed by atoms with Crippen LogP contribution in [0.4, 0.5) is 10.5 Å². The first-order chi connectivity index (χ1) is 11.6. The normalized spacial score (nSPS) is 14.6. The third kappa shape index (κ3) is 4.10. The molecule has 2 amide bonds. The van der Waals surface area contributed by atoms with E-state index in [1.54, 1.807) is 24.5 Å². The van der Waals surface area contributed by atoms with Gasteiger partial charge in [-0.25, -0.2) is 4.79 Å². The molecule has 0 atom stereocenters. The van der Waals surface area contributed by atoms with E-state index in [9.17, 15) is 4.79 Å². The molecule has 1 aromatic heterocycles. The second-order valence-corrected chi connectivity index (χ2v) is 6.43. The summed E-state index contributed by atoms with van der Waals surface area (Å²) in [5.41, 5.74) is 1.95. The van der Waals surface area contributed by atoms with E-state index in [0.717, 1.165) is 24.3 Å². The van der Waals surface area contributed by atoms with E-state index in [0.29, 0.717) is 29.7 Å². The lowest BCUT2D eigenvalue weighted by molar-refractivity contribution is 0.194. The average molecular weight is 365 g/mol. The molecular weight excluding hydrogens is 347 g/mol. The Hall–Kier alpha value is -1.98. The number of aromatic nitrogens is 1. The van der Waals surface area contributed by atoms with Crippen LogP contribution in [0, 0.1) is 0 Å². The zero-order valence-corrected chi connectivity index (χ0v) is 14.6. The summed E-state index contributed by atoms with van der Waals surface area (Å²) in [6.45, 7) is 3.24. The van der Waals surface area contributed by atoms with Crippen LogP contribution in [0.5, 0.6) is 0 Å². The molecule has 3 rings (SSSR count). The quantitative estimate of drug-likeness (QED) is 0.907. The summed E-state index contributed by atoms with van der Waals surface area (Å²) in [6, 6.07) is 9.16. The molecule has 0 radical (unpaired) electrons. The Bertz CT molecular complexity index is 703. The number of piperazine rings is 1. The van der Waals surface area contributed by atoms with Crippen LogP contribution in [-0.2, 0) is 6.54 Å². The summed E-state index contributed by atoms with van der Waals surface area (Å²) in [5, 5.41) is 4.27. The van der Waals surface area contributed by atoms with Gasteiger partial charge in [0, 0.05) is 50.1 Å². The molecule has 1 fully saturated rings. The highest BCUT2D eigenvalue weighted by atomic mass is 35.5. The first kappa shape index (κ1) is 16.9. The minimum absolute atomic E-state index is 0.0522. The van der Waals surface area contributed by atoms with Gasteiger partial charge in [0.2, 0.25) is 0 Å². The van der Waals surface area contributed by atoms with Crippen molar-refractivity contribution >= 4 is 34.9 Å². The molecule has 1 aromatic carbocycles. The number of benzene rings is 1. The van der Waals surface area contributed by atoms with Crippen LogP contribution in [0.2, 0.25) is 10.0 Å². The molecule has 0 saturated carbocycles.